The maximum Gasteiger partial charge on any atom is 0.0852 e. The smallest absolute Gasteiger partial charge is 0.0852 e. The number of rotatable bonds is 0. The van der Waals surface area contributed by atoms with Crippen LogP contribution in [0, 0.1) is 50.2 Å². The summed E-state index contributed by atoms with van der Waals surface area (Å²) in [6, 6.07) is 0. The number of hydrogen-bond acceptors (Lipinski definition) is 2. The molecule has 0 spiro atoms. The zero-order valence-electron chi connectivity index (χ0n) is 22.2. The van der Waals surface area contributed by atoms with Crippen LogP contribution in [-0.4, -0.2) is 22.4 Å². The van der Waals surface area contributed by atoms with Gasteiger partial charge >= 0.3 is 0 Å². The lowest BCUT2D eigenvalue weighted by molar-refractivity contribution is -0.231. The molecule has 5 aliphatic carbocycles. The zero-order chi connectivity index (χ0) is 23.5. The number of hydrogen-bond donors (Lipinski definition) is 2. The summed E-state index contributed by atoms with van der Waals surface area (Å²) in [7, 11) is 0. The van der Waals surface area contributed by atoms with E-state index in [-0.39, 0.29) is 21.7 Å². The van der Waals surface area contributed by atoms with Gasteiger partial charge in [0, 0.05) is 0 Å². The van der Waals surface area contributed by atoms with E-state index in [0.29, 0.717) is 22.7 Å². The molecule has 0 radical (unpaired) electrons. The molecule has 0 unspecified atom stereocenters. The third-order valence-corrected chi connectivity index (χ3v) is 13.0. The van der Waals surface area contributed by atoms with E-state index >= 15 is 0 Å². The van der Waals surface area contributed by atoms with Gasteiger partial charge in [-0.2, -0.15) is 0 Å². The Morgan fingerprint density at radius 1 is 0.781 bits per heavy atom. The molecule has 2 N–H and O–H groups in total. The lowest BCUT2D eigenvalue weighted by atomic mass is 9.33. The summed E-state index contributed by atoms with van der Waals surface area (Å²) in [4.78, 5) is 0. The molecule has 2 heteroatoms. The minimum Gasteiger partial charge on any atom is -0.390 e. The van der Waals surface area contributed by atoms with E-state index < -0.39 is 12.2 Å². The first kappa shape index (κ1) is 23.4. The van der Waals surface area contributed by atoms with Crippen molar-refractivity contribution in [2.75, 3.05) is 0 Å². The van der Waals surface area contributed by atoms with E-state index in [2.05, 4.69) is 61.5 Å². The van der Waals surface area contributed by atoms with Gasteiger partial charge in [-0.15, -0.1) is 0 Å². The van der Waals surface area contributed by atoms with E-state index in [1.165, 1.54) is 51.4 Å². The van der Waals surface area contributed by atoms with E-state index in [9.17, 15) is 10.2 Å². The van der Waals surface area contributed by atoms with Crippen molar-refractivity contribution in [1.29, 1.82) is 0 Å². The van der Waals surface area contributed by atoms with Crippen molar-refractivity contribution in [3.05, 3.63) is 11.6 Å². The van der Waals surface area contributed by atoms with Gasteiger partial charge in [0.15, 0.2) is 0 Å². The van der Waals surface area contributed by atoms with Crippen LogP contribution in [0.15, 0.2) is 11.6 Å². The van der Waals surface area contributed by atoms with Crippen LogP contribution in [0.5, 0.6) is 0 Å². The average Bonchev–Trinajstić information content (AvgIpc) is 2.68. The van der Waals surface area contributed by atoms with Crippen LogP contribution in [0.4, 0.5) is 0 Å². The van der Waals surface area contributed by atoms with Gasteiger partial charge in [-0.3, -0.25) is 0 Å². The van der Waals surface area contributed by atoms with E-state index in [4.69, 9.17) is 0 Å². The molecule has 4 fully saturated rings. The first-order valence-electron chi connectivity index (χ1n) is 13.7. The van der Waals surface area contributed by atoms with Crippen LogP contribution < -0.4 is 0 Å². The molecule has 0 bridgehead atoms. The second-order valence-corrected chi connectivity index (χ2v) is 15.4. The lowest BCUT2D eigenvalue weighted by Gasteiger charge is -2.71. The monoisotopic (exact) mass is 442 g/mol. The van der Waals surface area contributed by atoms with Crippen LogP contribution in [0.1, 0.15) is 113 Å². The fourth-order valence-electron chi connectivity index (χ4n) is 10.7. The third kappa shape index (κ3) is 2.78. The van der Waals surface area contributed by atoms with Gasteiger partial charge in [-0.05, 0) is 108 Å². The van der Waals surface area contributed by atoms with E-state index in [1.807, 2.05) is 5.57 Å². The molecule has 0 aromatic carbocycles. The highest BCUT2D eigenvalue weighted by Gasteiger charge is 2.68. The summed E-state index contributed by atoms with van der Waals surface area (Å²) in [5, 5.41) is 21.9. The molecular formula is C30H50O2. The highest BCUT2D eigenvalue weighted by molar-refractivity contribution is 5.33. The molecule has 0 heterocycles. The van der Waals surface area contributed by atoms with Crippen molar-refractivity contribution in [2.45, 2.75) is 125 Å². The van der Waals surface area contributed by atoms with E-state index in [0.717, 1.165) is 12.3 Å². The Kier molecular flexibility index (Phi) is 4.87. The van der Waals surface area contributed by atoms with Crippen molar-refractivity contribution in [3.8, 4) is 0 Å². The standard InChI is InChI=1S/C30H50O2/c1-25(2)13-14-27(5)15-16-29(7)19(20(27)17-25)9-10-23-28(6)18-21(31)24(32)26(3,4)22(28)11-12-30(23,29)8/h9,20-24,31-32H,10-18H2,1-8H3/t20-,21+,22-,23+,24+,27+,28-,29+,30+/m0/s1. The Labute approximate surface area is 197 Å². The van der Waals surface area contributed by atoms with Gasteiger partial charge in [0.2, 0.25) is 0 Å². The maximum atomic E-state index is 11.0. The van der Waals surface area contributed by atoms with Crippen molar-refractivity contribution in [3.63, 3.8) is 0 Å². The number of aliphatic hydroxyl groups is 2. The molecule has 9 atom stereocenters. The Balaban J connectivity index is 1.58. The summed E-state index contributed by atoms with van der Waals surface area (Å²) < 4.78 is 0. The Hall–Kier alpha value is -0.340. The molecule has 5 rings (SSSR count). The number of allylic oxidation sites excluding steroid dienone is 2. The van der Waals surface area contributed by atoms with Gasteiger partial charge in [0.1, 0.15) is 0 Å². The molecule has 182 valence electrons. The van der Waals surface area contributed by atoms with Gasteiger partial charge < -0.3 is 10.2 Å². The summed E-state index contributed by atoms with van der Waals surface area (Å²) in [5.74, 6) is 1.81. The molecule has 0 aliphatic heterocycles. The van der Waals surface area contributed by atoms with Gasteiger partial charge in [-0.1, -0.05) is 67.0 Å². The van der Waals surface area contributed by atoms with Crippen LogP contribution in [-0.2, 0) is 0 Å². The highest BCUT2D eigenvalue weighted by Crippen LogP contribution is 2.75. The van der Waals surface area contributed by atoms with Crippen LogP contribution in [0.3, 0.4) is 0 Å². The fraction of sp³-hybridized carbons (Fsp3) is 0.933. The van der Waals surface area contributed by atoms with Crippen LogP contribution >= 0.6 is 0 Å². The van der Waals surface area contributed by atoms with E-state index in [1.54, 1.807) is 0 Å². The summed E-state index contributed by atoms with van der Waals surface area (Å²) in [6.45, 7) is 19.8. The first-order valence-corrected chi connectivity index (χ1v) is 13.7. The first-order chi connectivity index (χ1) is 14.6. The highest BCUT2D eigenvalue weighted by atomic mass is 16.3. The summed E-state index contributed by atoms with van der Waals surface area (Å²) >= 11 is 0. The molecule has 4 saturated carbocycles. The van der Waals surface area contributed by atoms with Crippen molar-refractivity contribution < 1.29 is 10.2 Å². The molecule has 0 aromatic rings. The predicted molar refractivity (Wildman–Crippen MR) is 132 cm³/mol. The van der Waals surface area contributed by atoms with Crippen molar-refractivity contribution >= 4 is 0 Å². The van der Waals surface area contributed by atoms with Crippen LogP contribution in [0.2, 0.25) is 0 Å². The molecule has 0 saturated heterocycles. The van der Waals surface area contributed by atoms with Gasteiger partial charge in [0.25, 0.3) is 0 Å². The fourth-order valence-corrected chi connectivity index (χ4v) is 10.7. The van der Waals surface area contributed by atoms with Crippen molar-refractivity contribution in [1.82, 2.24) is 0 Å². The maximum absolute atomic E-state index is 11.0. The quantitative estimate of drug-likeness (QED) is 0.391. The van der Waals surface area contributed by atoms with Gasteiger partial charge in [-0.25, -0.2) is 0 Å². The molecule has 0 amide bonds. The zero-order valence-corrected chi connectivity index (χ0v) is 22.2. The number of aliphatic hydroxyl groups excluding tert-OH is 2. The minimum absolute atomic E-state index is 0.0901. The SMILES string of the molecule is CC1(C)CC[C@]2(C)CC[C@]3(C)C(=CC[C@@H]4[C@@]5(C)C[C@@H](O)[C@@H](O)C(C)(C)[C@@H]5CC[C@]43C)[C@@H]2C1. The summed E-state index contributed by atoms with van der Waals surface area (Å²) in [5.41, 5.74) is 3.17. The molecule has 2 nitrogen and oxygen atoms in total. The number of fused-ring (bicyclic) bond motifs is 7. The molecule has 5 aliphatic rings. The molecular weight excluding hydrogens is 392 g/mol. The Morgan fingerprint density at radius 2 is 1.44 bits per heavy atom. The normalized spacial score (nSPS) is 56.2. The third-order valence-electron chi connectivity index (χ3n) is 13.0. The molecule has 32 heavy (non-hydrogen) atoms. The Morgan fingerprint density at radius 3 is 2.12 bits per heavy atom. The Bertz CT molecular complexity index is 825. The lowest BCUT2D eigenvalue weighted by Crippen LogP contribution is -2.66. The predicted octanol–water partition coefficient (Wildman–Crippen LogP) is 7.14. The largest absolute Gasteiger partial charge is 0.390 e. The topological polar surface area (TPSA) is 40.5 Å². The van der Waals surface area contributed by atoms with Crippen molar-refractivity contribution in [2.24, 2.45) is 50.2 Å². The summed E-state index contributed by atoms with van der Waals surface area (Å²) in [6.07, 6.45) is 12.7. The molecule has 0 aromatic heterocycles. The second kappa shape index (κ2) is 6.66. The second-order valence-electron chi connectivity index (χ2n) is 15.4. The van der Waals surface area contributed by atoms with Crippen LogP contribution in [0.25, 0.3) is 0 Å². The average molecular weight is 443 g/mol. The minimum atomic E-state index is -0.602. The van der Waals surface area contributed by atoms with Gasteiger partial charge in [0.05, 0.1) is 12.2 Å².